The lowest BCUT2D eigenvalue weighted by Crippen LogP contribution is -1.96. The van der Waals surface area contributed by atoms with Crippen LogP contribution in [0.3, 0.4) is 0 Å². The predicted octanol–water partition coefficient (Wildman–Crippen LogP) is 3.56. The normalized spacial score (nSPS) is 16.1. The second kappa shape index (κ2) is 3.93. The van der Waals surface area contributed by atoms with Gasteiger partial charge in [0.2, 0.25) is 0 Å². The Bertz CT molecular complexity index is 241. The average molecular weight is 245 g/mol. The number of rotatable bonds is 2. The summed E-state index contributed by atoms with van der Waals surface area (Å²) in [6.07, 6.45) is 6.67. The van der Waals surface area contributed by atoms with Gasteiger partial charge in [0.05, 0.1) is 0 Å². The number of fused-ring (bicyclic) bond motifs is 1. The van der Waals surface area contributed by atoms with Crippen LogP contribution in [-0.4, -0.2) is 5.33 Å². The van der Waals surface area contributed by atoms with E-state index in [0.717, 1.165) is 5.33 Å². The molecule has 0 amide bonds. The number of hydrogen-bond donors (Lipinski definition) is 0. The molecule has 0 saturated carbocycles. The van der Waals surface area contributed by atoms with Gasteiger partial charge in [-0.05, 0) is 43.7 Å². The topological polar surface area (TPSA) is 0 Å². The van der Waals surface area contributed by atoms with Gasteiger partial charge in [0, 0.05) is 15.1 Å². The van der Waals surface area contributed by atoms with Gasteiger partial charge in [-0.25, -0.2) is 0 Å². The quantitative estimate of drug-likeness (QED) is 0.699. The molecular weight excluding hydrogens is 232 g/mol. The first kappa shape index (κ1) is 8.76. The molecule has 0 aliphatic heterocycles. The third kappa shape index (κ3) is 1.74. The molecule has 1 aromatic heterocycles. The van der Waals surface area contributed by atoms with E-state index in [0.29, 0.717) is 0 Å². The summed E-state index contributed by atoms with van der Waals surface area (Å²) < 4.78 is 0. The smallest absolute Gasteiger partial charge is 0.00801 e. The molecular formula is C10H13BrS. The van der Waals surface area contributed by atoms with Gasteiger partial charge < -0.3 is 0 Å². The third-order valence-electron chi connectivity index (χ3n) is 2.39. The van der Waals surface area contributed by atoms with Crippen molar-refractivity contribution in [2.24, 2.45) is 0 Å². The Labute approximate surface area is 86.1 Å². The van der Waals surface area contributed by atoms with E-state index < -0.39 is 0 Å². The molecule has 0 N–H and O–H groups in total. The summed E-state index contributed by atoms with van der Waals surface area (Å²) in [5.74, 6) is 0. The van der Waals surface area contributed by atoms with Crippen LogP contribution in [0.2, 0.25) is 0 Å². The van der Waals surface area contributed by atoms with E-state index in [1.807, 2.05) is 11.3 Å². The zero-order valence-electron chi connectivity index (χ0n) is 7.11. The molecule has 0 aromatic carbocycles. The van der Waals surface area contributed by atoms with Crippen LogP contribution in [0.25, 0.3) is 0 Å². The molecule has 0 saturated heterocycles. The van der Waals surface area contributed by atoms with E-state index in [2.05, 4.69) is 22.0 Å². The van der Waals surface area contributed by atoms with Crippen LogP contribution in [0.5, 0.6) is 0 Å². The lowest BCUT2D eigenvalue weighted by atomic mass is 9.99. The Balaban J connectivity index is 2.20. The van der Waals surface area contributed by atoms with Crippen molar-refractivity contribution in [1.29, 1.82) is 0 Å². The molecule has 0 spiro atoms. The minimum Gasteiger partial charge on any atom is -0.145 e. The maximum atomic E-state index is 3.49. The first-order chi connectivity index (χ1) is 5.90. The largest absolute Gasteiger partial charge is 0.145 e. The fourth-order valence-corrected chi connectivity index (χ4v) is 3.72. The van der Waals surface area contributed by atoms with E-state index in [1.54, 1.807) is 15.3 Å². The Morgan fingerprint density at radius 3 is 2.92 bits per heavy atom. The van der Waals surface area contributed by atoms with Crippen LogP contribution in [0.1, 0.15) is 28.2 Å². The highest BCUT2D eigenvalue weighted by Gasteiger charge is 2.12. The molecule has 2 heteroatoms. The van der Waals surface area contributed by atoms with Crippen LogP contribution in [-0.2, 0) is 19.3 Å². The van der Waals surface area contributed by atoms with Crippen molar-refractivity contribution in [3.63, 3.8) is 0 Å². The molecule has 1 aliphatic carbocycles. The Kier molecular flexibility index (Phi) is 2.87. The molecule has 66 valence electrons. The molecule has 1 aromatic rings. The minimum atomic E-state index is 1.10. The number of halogens is 1. The van der Waals surface area contributed by atoms with E-state index in [-0.39, 0.29) is 0 Å². The van der Waals surface area contributed by atoms with Crippen LogP contribution < -0.4 is 0 Å². The molecule has 2 rings (SSSR count). The van der Waals surface area contributed by atoms with Crippen LogP contribution in [0, 0.1) is 0 Å². The standard InChI is InChI=1S/C10H13BrS/c11-6-5-9-7-8-3-1-2-4-10(8)12-9/h7H,1-6H2. The molecule has 0 bridgehead atoms. The maximum absolute atomic E-state index is 3.49. The van der Waals surface area contributed by atoms with E-state index in [9.17, 15) is 0 Å². The summed E-state index contributed by atoms with van der Waals surface area (Å²) in [6.45, 7) is 0. The summed E-state index contributed by atoms with van der Waals surface area (Å²) in [5.41, 5.74) is 1.64. The minimum absolute atomic E-state index is 1.10. The Hall–Kier alpha value is 0.180. The lowest BCUT2D eigenvalue weighted by molar-refractivity contribution is 0.697. The highest BCUT2D eigenvalue weighted by Crippen LogP contribution is 2.29. The number of thiophene rings is 1. The maximum Gasteiger partial charge on any atom is 0.00801 e. The zero-order valence-corrected chi connectivity index (χ0v) is 9.51. The summed E-state index contributed by atoms with van der Waals surface area (Å²) in [6, 6.07) is 2.42. The van der Waals surface area contributed by atoms with Crippen molar-refractivity contribution in [3.8, 4) is 0 Å². The number of alkyl halides is 1. The summed E-state index contributed by atoms with van der Waals surface area (Å²) in [7, 11) is 0. The molecule has 0 nitrogen and oxygen atoms in total. The van der Waals surface area contributed by atoms with Crippen LogP contribution in [0.15, 0.2) is 6.07 Å². The van der Waals surface area contributed by atoms with Gasteiger partial charge in [0.1, 0.15) is 0 Å². The second-order valence-corrected chi connectivity index (χ2v) is 5.32. The second-order valence-electron chi connectivity index (χ2n) is 3.31. The van der Waals surface area contributed by atoms with Crippen molar-refractivity contribution < 1.29 is 0 Å². The Morgan fingerprint density at radius 1 is 1.33 bits per heavy atom. The number of aryl methyl sites for hydroxylation is 3. The lowest BCUT2D eigenvalue weighted by Gasteiger charge is -2.08. The van der Waals surface area contributed by atoms with Gasteiger partial charge in [-0.2, -0.15) is 0 Å². The summed E-state index contributed by atoms with van der Waals surface area (Å²) in [5, 5.41) is 1.10. The molecule has 1 aliphatic rings. The van der Waals surface area contributed by atoms with E-state index in [1.165, 1.54) is 32.1 Å². The van der Waals surface area contributed by atoms with Crippen molar-refractivity contribution in [1.82, 2.24) is 0 Å². The highest BCUT2D eigenvalue weighted by molar-refractivity contribution is 9.09. The number of hydrogen-bond acceptors (Lipinski definition) is 1. The molecule has 1 heterocycles. The third-order valence-corrected chi connectivity index (χ3v) is 4.08. The predicted molar refractivity (Wildman–Crippen MR) is 58.5 cm³/mol. The van der Waals surface area contributed by atoms with Crippen LogP contribution in [0.4, 0.5) is 0 Å². The monoisotopic (exact) mass is 244 g/mol. The molecule has 0 unspecified atom stereocenters. The summed E-state index contributed by atoms with van der Waals surface area (Å²) in [4.78, 5) is 3.23. The van der Waals surface area contributed by atoms with Gasteiger partial charge in [-0.1, -0.05) is 15.9 Å². The first-order valence-electron chi connectivity index (χ1n) is 4.56. The molecule has 0 atom stereocenters. The van der Waals surface area contributed by atoms with Gasteiger partial charge in [0.25, 0.3) is 0 Å². The average Bonchev–Trinajstić information content (AvgIpc) is 2.47. The van der Waals surface area contributed by atoms with E-state index in [4.69, 9.17) is 0 Å². The van der Waals surface area contributed by atoms with Gasteiger partial charge in [-0.15, -0.1) is 11.3 Å². The van der Waals surface area contributed by atoms with Crippen molar-refractivity contribution >= 4 is 27.3 Å². The first-order valence-corrected chi connectivity index (χ1v) is 6.50. The molecule has 0 fully saturated rings. The highest BCUT2D eigenvalue weighted by atomic mass is 79.9. The van der Waals surface area contributed by atoms with Crippen LogP contribution >= 0.6 is 27.3 Å². The molecule has 0 radical (unpaired) electrons. The van der Waals surface area contributed by atoms with Crippen molar-refractivity contribution in [2.45, 2.75) is 32.1 Å². The Morgan fingerprint density at radius 2 is 2.17 bits per heavy atom. The fourth-order valence-electron chi connectivity index (χ4n) is 1.77. The van der Waals surface area contributed by atoms with E-state index >= 15 is 0 Å². The summed E-state index contributed by atoms with van der Waals surface area (Å²) >= 11 is 5.52. The fraction of sp³-hybridized carbons (Fsp3) is 0.600. The molecule has 12 heavy (non-hydrogen) atoms. The van der Waals surface area contributed by atoms with Crippen molar-refractivity contribution in [3.05, 3.63) is 21.4 Å². The van der Waals surface area contributed by atoms with Gasteiger partial charge >= 0.3 is 0 Å². The van der Waals surface area contributed by atoms with Gasteiger partial charge in [-0.3, -0.25) is 0 Å². The van der Waals surface area contributed by atoms with Gasteiger partial charge in [0.15, 0.2) is 0 Å². The SMILES string of the molecule is BrCCc1cc2c(s1)CCCC2. The van der Waals surface area contributed by atoms with Crippen molar-refractivity contribution in [2.75, 3.05) is 5.33 Å². The zero-order chi connectivity index (χ0) is 8.39.